The molecule has 2 heterocycles. The molecule has 0 fully saturated rings. The van der Waals surface area contributed by atoms with Gasteiger partial charge < -0.3 is 21.3 Å². The molecule has 13 heteroatoms. The third kappa shape index (κ3) is 9.67. The molecule has 12 nitrogen and oxygen atoms in total. The number of halogens is 1. The van der Waals surface area contributed by atoms with Crippen molar-refractivity contribution in [3.05, 3.63) is 71.8 Å². The number of aromatic nitrogens is 3. The Morgan fingerprint density at radius 2 is 1.59 bits per heavy atom. The molecule has 4 rings (SSSR count). The van der Waals surface area contributed by atoms with Crippen molar-refractivity contribution >= 4 is 23.6 Å². The van der Waals surface area contributed by atoms with Crippen LogP contribution in [0.4, 0.5) is 4.39 Å². The van der Waals surface area contributed by atoms with Crippen LogP contribution in [0.2, 0.25) is 0 Å². The van der Waals surface area contributed by atoms with Gasteiger partial charge in [0.1, 0.15) is 30.3 Å². The number of hydrogen-bond acceptors (Lipinski definition) is 7. The summed E-state index contributed by atoms with van der Waals surface area (Å²) in [6.45, 7) is 7.77. The summed E-state index contributed by atoms with van der Waals surface area (Å²) < 4.78 is 15.9. The number of amides is 4. The SMILES string of the molecule is CC(C)C[C@H]1NC(=O)[C@@H](C)NC(=O)CN(Cc2ccccc2F)CCCNC(=O)Cn2nc(-c3ccccc3)nc2[C@H](C)NC1=O. The minimum atomic E-state index is -0.930. The van der Waals surface area contributed by atoms with Crippen LogP contribution in [-0.2, 0) is 32.3 Å². The highest BCUT2D eigenvalue weighted by atomic mass is 19.1. The number of nitrogens with one attached hydrogen (secondary N) is 4. The number of hydrogen-bond donors (Lipinski definition) is 4. The molecule has 4 N–H and O–H groups in total. The largest absolute Gasteiger partial charge is 0.354 e. The molecule has 0 bridgehead atoms. The van der Waals surface area contributed by atoms with E-state index in [4.69, 9.17) is 0 Å². The minimum absolute atomic E-state index is 0.0711. The zero-order chi connectivity index (χ0) is 33.2. The lowest BCUT2D eigenvalue weighted by molar-refractivity contribution is -0.132. The molecule has 0 radical (unpaired) electrons. The standard InChI is InChI=1S/C33H43FN8O4/c1-21(2)17-27-33(46)37-22(3)31-39-30(24-11-6-5-7-12-24)40-42(31)20-28(43)35-15-10-16-41(18-25-13-8-9-14-26(25)34)19-29(44)36-23(4)32(45)38-27/h5-9,11-14,21-23,27H,10,15-20H2,1-4H3,(H,35,43)(H,36,44)(H,37,46)(H,38,45)/t22-,23+,27+/m0/s1. The van der Waals surface area contributed by atoms with Crippen LogP contribution in [0.15, 0.2) is 54.6 Å². The third-order valence-electron chi connectivity index (χ3n) is 7.57. The second-order valence-corrected chi connectivity index (χ2v) is 12.0. The van der Waals surface area contributed by atoms with Gasteiger partial charge in [0.25, 0.3) is 0 Å². The number of carbonyl (C=O) groups is 4. The molecule has 46 heavy (non-hydrogen) atoms. The Hall–Kier alpha value is -4.65. The maximum Gasteiger partial charge on any atom is 0.243 e. The maximum absolute atomic E-state index is 14.5. The molecule has 0 spiro atoms. The Morgan fingerprint density at radius 3 is 2.30 bits per heavy atom. The second-order valence-electron chi connectivity index (χ2n) is 12.0. The van der Waals surface area contributed by atoms with Gasteiger partial charge in [0.05, 0.1) is 12.6 Å². The van der Waals surface area contributed by atoms with Gasteiger partial charge in [-0.15, -0.1) is 0 Å². The lowest BCUT2D eigenvalue weighted by Gasteiger charge is -2.25. The van der Waals surface area contributed by atoms with Crippen LogP contribution >= 0.6 is 0 Å². The van der Waals surface area contributed by atoms with Gasteiger partial charge in [-0.25, -0.2) is 14.1 Å². The molecule has 1 aliphatic rings. The monoisotopic (exact) mass is 634 g/mol. The smallest absolute Gasteiger partial charge is 0.243 e. The summed E-state index contributed by atoms with van der Waals surface area (Å²) in [7, 11) is 0. The fourth-order valence-electron chi connectivity index (χ4n) is 5.24. The summed E-state index contributed by atoms with van der Waals surface area (Å²) in [6, 6.07) is 13.2. The summed E-state index contributed by atoms with van der Waals surface area (Å²) in [5.74, 6) is -1.20. The van der Waals surface area contributed by atoms with Crippen LogP contribution in [0.1, 0.15) is 58.0 Å². The van der Waals surface area contributed by atoms with Crippen molar-refractivity contribution in [1.82, 2.24) is 40.9 Å². The van der Waals surface area contributed by atoms with Crippen molar-refractivity contribution in [2.45, 2.75) is 71.8 Å². The van der Waals surface area contributed by atoms with E-state index in [0.29, 0.717) is 43.1 Å². The van der Waals surface area contributed by atoms with E-state index >= 15 is 0 Å². The molecule has 1 aromatic heterocycles. The quantitative estimate of drug-likeness (QED) is 0.337. The minimum Gasteiger partial charge on any atom is -0.354 e. The Labute approximate surface area is 268 Å². The highest BCUT2D eigenvalue weighted by Gasteiger charge is 2.28. The van der Waals surface area contributed by atoms with E-state index < -0.39 is 35.8 Å². The summed E-state index contributed by atoms with van der Waals surface area (Å²) in [4.78, 5) is 59.2. The average molecular weight is 635 g/mol. The number of nitrogens with zero attached hydrogens (tertiary/aromatic N) is 4. The molecule has 246 valence electrons. The van der Waals surface area contributed by atoms with Crippen LogP contribution in [0.3, 0.4) is 0 Å². The first-order valence-corrected chi connectivity index (χ1v) is 15.6. The zero-order valence-electron chi connectivity index (χ0n) is 26.8. The van der Waals surface area contributed by atoms with E-state index in [1.54, 1.807) is 36.9 Å². The predicted octanol–water partition coefficient (Wildman–Crippen LogP) is 2.32. The fourth-order valence-corrected chi connectivity index (χ4v) is 5.24. The predicted molar refractivity (Wildman–Crippen MR) is 170 cm³/mol. The highest BCUT2D eigenvalue weighted by molar-refractivity contribution is 5.92. The van der Waals surface area contributed by atoms with Crippen molar-refractivity contribution < 1.29 is 23.6 Å². The first kappa shape index (κ1) is 34.2. The highest BCUT2D eigenvalue weighted by Crippen LogP contribution is 2.19. The van der Waals surface area contributed by atoms with Crippen molar-refractivity contribution in [3.63, 3.8) is 0 Å². The molecule has 0 saturated heterocycles. The van der Waals surface area contributed by atoms with Crippen molar-refractivity contribution in [3.8, 4) is 11.4 Å². The second kappa shape index (κ2) is 16.1. The number of carbonyl (C=O) groups excluding carboxylic acids is 4. The van der Waals surface area contributed by atoms with Gasteiger partial charge in [-0.05, 0) is 38.7 Å². The van der Waals surface area contributed by atoms with Gasteiger partial charge in [-0.3, -0.25) is 24.1 Å². The van der Waals surface area contributed by atoms with Crippen LogP contribution in [0.25, 0.3) is 11.4 Å². The Bertz CT molecular complexity index is 1510. The van der Waals surface area contributed by atoms with Gasteiger partial charge >= 0.3 is 0 Å². The number of rotatable bonds is 5. The molecule has 4 amide bonds. The molecule has 3 aromatic rings. The molecular formula is C33H43FN8O4. The topological polar surface area (TPSA) is 150 Å². The average Bonchev–Trinajstić information content (AvgIpc) is 3.43. The molecule has 0 unspecified atom stereocenters. The van der Waals surface area contributed by atoms with E-state index in [2.05, 4.69) is 31.3 Å². The Kier molecular flexibility index (Phi) is 12.0. The summed E-state index contributed by atoms with van der Waals surface area (Å²) in [5, 5.41) is 15.9. The van der Waals surface area contributed by atoms with E-state index in [-0.39, 0.29) is 37.3 Å². The Balaban J connectivity index is 1.61. The maximum atomic E-state index is 14.5. The zero-order valence-corrected chi connectivity index (χ0v) is 26.8. The number of benzene rings is 2. The molecule has 0 aliphatic carbocycles. The summed E-state index contributed by atoms with van der Waals surface area (Å²) in [5.41, 5.74) is 1.18. The van der Waals surface area contributed by atoms with Crippen LogP contribution in [-0.4, -0.2) is 75.0 Å². The fraction of sp³-hybridized carbons (Fsp3) is 0.455. The van der Waals surface area contributed by atoms with Crippen molar-refractivity contribution in [2.24, 2.45) is 5.92 Å². The van der Waals surface area contributed by atoms with E-state index in [0.717, 1.165) is 5.56 Å². The molecule has 1 aliphatic heterocycles. The van der Waals surface area contributed by atoms with Crippen LogP contribution in [0.5, 0.6) is 0 Å². The molecule has 0 saturated carbocycles. The van der Waals surface area contributed by atoms with Gasteiger partial charge in [0, 0.05) is 30.8 Å². The normalized spacial score (nSPS) is 21.2. The Morgan fingerprint density at radius 1 is 0.870 bits per heavy atom. The van der Waals surface area contributed by atoms with E-state index in [9.17, 15) is 23.6 Å². The van der Waals surface area contributed by atoms with Gasteiger partial charge in [-0.1, -0.05) is 62.4 Å². The third-order valence-corrected chi connectivity index (χ3v) is 7.57. The first-order valence-electron chi connectivity index (χ1n) is 15.6. The molecular weight excluding hydrogens is 591 g/mol. The molecule has 3 atom stereocenters. The van der Waals surface area contributed by atoms with Crippen LogP contribution in [0, 0.1) is 11.7 Å². The van der Waals surface area contributed by atoms with E-state index in [1.807, 2.05) is 44.2 Å². The van der Waals surface area contributed by atoms with Crippen LogP contribution < -0.4 is 21.3 Å². The molecule has 2 aromatic carbocycles. The summed E-state index contributed by atoms with van der Waals surface area (Å²) in [6.07, 6.45) is 0.831. The lowest BCUT2D eigenvalue weighted by Crippen LogP contribution is -2.54. The van der Waals surface area contributed by atoms with Gasteiger partial charge in [-0.2, -0.15) is 5.10 Å². The van der Waals surface area contributed by atoms with Gasteiger partial charge in [0.15, 0.2) is 5.82 Å². The van der Waals surface area contributed by atoms with E-state index in [1.165, 1.54) is 10.7 Å². The van der Waals surface area contributed by atoms with Crippen molar-refractivity contribution in [1.29, 1.82) is 0 Å². The van der Waals surface area contributed by atoms with Crippen molar-refractivity contribution in [2.75, 3.05) is 19.6 Å². The number of fused-ring (bicyclic) bond motifs is 1. The summed E-state index contributed by atoms with van der Waals surface area (Å²) >= 11 is 0. The first-order chi connectivity index (χ1) is 22.0. The lowest BCUT2D eigenvalue weighted by atomic mass is 10.0. The van der Waals surface area contributed by atoms with Gasteiger partial charge in [0.2, 0.25) is 23.6 Å².